The first kappa shape index (κ1) is 29.7. The van der Waals surface area contributed by atoms with Crippen LogP contribution >= 0.6 is 23.2 Å². The van der Waals surface area contributed by atoms with E-state index in [0.717, 1.165) is 28.8 Å². The Bertz CT molecular complexity index is 1210. The summed E-state index contributed by atoms with van der Waals surface area (Å²) in [6.45, 7) is 1.34. The lowest BCUT2D eigenvalue weighted by molar-refractivity contribution is -0.140. The molecule has 0 aliphatic rings. The molecule has 1 atom stereocenters. The number of hydrogen-bond donors (Lipinski definition) is 1. The maximum Gasteiger partial charge on any atom is 0.416 e. The molecule has 0 aromatic heterocycles. The van der Waals surface area contributed by atoms with Crippen LogP contribution in [0, 0.1) is 0 Å². The number of nitrogens with zero attached hydrogens (tertiary/aromatic N) is 2. The molecule has 0 radical (unpaired) electrons. The van der Waals surface area contributed by atoms with Gasteiger partial charge in [0.2, 0.25) is 21.8 Å². The minimum absolute atomic E-state index is 0.000483. The van der Waals surface area contributed by atoms with Crippen molar-refractivity contribution >= 4 is 50.7 Å². The van der Waals surface area contributed by atoms with Crippen LogP contribution in [0.1, 0.15) is 30.9 Å². The summed E-state index contributed by atoms with van der Waals surface area (Å²) in [6.07, 6.45) is -3.93. The summed E-state index contributed by atoms with van der Waals surface area (Å²) in [5.41, 5.74) is -0.529. The molecule has 2 aromatic rings. The summed E-state index contributed by atoms with van der Waals surface area (Å²) in [5, 5.41) is 3.08. The molecule has 0 spiro atoms. The van der Waals surface area contributed by atoms with Crippen LogP contribution in [0.25, 0.3) is 0 Å². The number of amides is 2. The molecule has 1 N–H and O–H groups in total. The summed E-state index contributed by atoms with van der Waals surface area (Å²) in [7, 11) is -2.51. The zero-order valence-electron chi connectivity index (χ0n) is 19.8. The quantitative estimate of drug-likeness (QED) is 0.450. The highest BCUT2D eigenvalue weighted by atomic mass is 35.5. The lowest BCUT2D eigenvalue weighted by Crippen LogP contribution is -2.46. The van der Waals surface area contributed by atoms with Gasteiger partial charge in [-0.05, 0) is 49.2 Å². The van der Waals surface area contributed by atoms with E-state index in [2.05, 4.69) is 5.32 Å². The van der Waals surface area contributed by atoms with Gasteiger partial charge in [0, 0.05) is 26.6 Å². The van der Waals surface area contributed by atoms with E-state index in [0.29, 0.717) is 10.6 Å². The van der Waals surface area contributed by atoms with Gasteiger partial charge in [0.15, 0.2) is 0 Å². The number of rotatable bonds is 10. The molecule has 0 aliphatic heterocycles. The molecule has 0 bridgehead atoms. The molecule has 198 valence electrons. The van der Waals surface area contributed by atoms with Gasteiger partial charge in [-0.25, -0.2) is 8.42 Å². The van der Waals surface area contributed by atoms with Gasteiger partial charge in [0.1, 0.15) is 6.04 Å². The average molecular weight is 568 g/mol. The van der Waals surface area contributed by atoms with Crippen LogP contribution in [-0.4, -0.2) is 51.0 Å². The molecule has 7 nitrogen and oxygen atoms in total. The predicted molar refractivity (Wildman–Crippen MR) is 133 cm³/mol. The van der Waals surface area contributed by atoms with Crippen molar-refractivity contribution in [3.8, 4) is 0 Å². The molecule has 2 aromatic carbocycles. The third-order valence-electron chi connectivity index (χ3n) is 5.36. The van der Waals surface area contributed by atoms with Gasteiger partial charge in [-0.1, -0.05) is 35.3 Å². The Morgan fingerprint density at radius 2 is 1.75 bits per heavy atom. The molecule has 0 unspecified atom stereocenters. The van der Waals surface area contributed by atoms with Crippen LogP contribution in [0.4, 0.5) is 18.9 Å². The molecule has 13 heteroatoms. The second-order valence-corrected chi connectivity index (χ2v) is 10.8. The molecule has 0 saturated carbocycles. The largest absolute Gasteiger partial charge is 0.416 e. The van der Waals surface area contributed by atoms with E-state index in [1.807, 2.05) is 0 Å². The Morgan fingerprint density at radius 3 is 2.31 bits per heavy atom. The number of carbonyl (C=O) groups excluding carboxylic acids is 2. The third-order valence-corrected chi connectivity index (χ3v) is 7.30. The Balaban J connectivity index is 2.21. The van der Waals surface area contributed by atoms with Crippen LogP contribution in [0.5, 0.6) is 0 Å². The van der Waals surface area contributed by atoms with Crippen molar-refractivity contribution in [1.82, 2.24) is 10.2 Å². The normalized spacial score (nSPS) is 12.7. The number of halogens is 5. The minimum Gasteiger partial charge on any atom is -0.357 e. The topological polar surface area (TPSA) is 86.8 Å². The van der Waals surface area contributed by atoms with Gasteiger partial charge in [0.05, 0.1) is 27.6 Å². The lowest BCUT2D eigenvalue weighted by Gasteiger charge is -2.29. The zero-order chi connectivity index (χ0) is 27.3. The maximum atomic E-state index is 13.1. The molecular formula is C23H26Cl2F3N3O4S. The Kier molecular flexibility index (Phi) is 10.0. The molecule has 0 saturated heterocycles. The Labute approximate surface area is 218 Å². The molecule has 0 fully saturated rings. The highest BCUT2D eigenvalue weighted by Gasteiger charge is 2.32. The van der Waals surface area contributed by atoms with Crippen molar-refractivity contribution in [3.63, 3.8) is 0 Å². The first-order chi connectivity index (χ1) is 16.6. The van der Waals surface area contributed by atoms with Gasteiger partial charge >= 0.3 is 6.18 Å². The summed E-state index contributed by atoms with van der Waals surface area (Å²) in [4.78, 5) is 26.6. The van der Waals surface area contributed by atoms with Crippen LogP contribution in [0.3, 0.4) is 0 Å². The van der Waals surface area contributed by atoms with Gasteiger partial charge in [-0.3, -0.25) is 13.9 Å². The van der Waals surface area contributed by atoms with Crippen LogP contribution in [0.15, 0.2) is 42.5 Å². The number of carbonyl (C=O) groups is 2. The number of nitrogens with one attached hydrogen (secondary N) is 1. The van der Waals surface area contributed by atoms with Gasteiger partial charge < -0.3 is 10.2 Å². The first-order valence-corrected chi connectivity index (χ1v) is 13.4. The van der Waals surface area contributed by atoms with E-state index < -0.39 is 39.6 Å². The second-order valence-electron chi connectivity index (χ2n) is 8.05. The van der Waals surface area contributed by atoms with E-state index in [1.54, 1.807) is 25.1 Å². The number of benzene rings is 2. The second kappa shape index (κ2) is 12.2. The van der Waals surface area contributed by atoms with Crippen molar-refractivity contribution < 1.29 is 31.2 Å². The Morgan fingerprint density at radius 1 is 1.08 bits per heavy atom. The molecule has 2 rings (SSSR count). The van der Waals surface area contributed by atoms with Crippen molar-refractivity contribution in [2.24, 2.45) is 0 Å². The van der Waals surface area contributed by atoms with E-state index in [1.165, 1.54) is 18.0 Å². The summed E-state index contributed by atoms with van der Waals surface area (Å²) < 4.78 is 64.8. The summed E-state index contributed by atoms with van der Waals surface area (Å²) in [6, 6.07) is 7.89. The van der Waals surface area contributed by atoms with Gasteiger partial charge in [-0.2, -0.15) is 13.2 Å². The van der Waals surface area contributed by atoms with E-state index >= 15 is 0 Å². The fraction of sp³-hybridized carbons (Fsp3) is 0.391. The smallest absolute Gasteiger partial charge is 0.357 e. The van der Waals surface area contributed by atoms with Crippen molar-refractivity contribution in [3.05, 3.63) is 63.6 Å². The molecule has 2 amide bonds. The van der Waals surface area contributed by atoms with Crippen LogP contribution < -0.4 is 9.62 Å². The zero-order valence-corrected chi connectivity index (χ0v) is 22.1. The Hall–Kier alpha value is -2.50. The van der Waals surface area contributed by atoms with Gasteiger partial charge in [-0.15, -0.1) is 0 Å². The minimum atomic E-state index is -4.64. The monoisotopic (exact) mass is 567 g/mol. The molecular weight excluding hydrogens is 542 g/mol. The van der Waals surface area contributed by atoms with Crippen LogP contribution in [0.2, 0.25) is 10.0 Å². The van der Waals surface area contributed by atoms with Crippen molar-refractivity contribution in [1.29, 1.82) is 0 Å². The van der Waals surface area contributed by atoms with E-state index in [9.17, 15) is 31.2 Å². The van der Waals surface area contributed by atoms with Gasteiger partial charge in [0.25, 0.3) is 0 Å². The SMILES string of the molecule is CNC(=O)[C@H](C)N(Cc1ccc(Cl)c(Cl)c1)C(=O)CCCN(c1cccc(C(F)(F)F)c1)S(C)(=O)=O. The van der Waals surface area contributed by atoms with Crippen LogP contribution in [-0.2, 0) is 32.3 Å². The first-order valence-electron chi connectivity index (χ1n) is 10.7. The number of alkyl halides is 3. The maximum absolute atomic E-state index is 13.1. The average Bonchev–Trinajstić information content (AvgIpc) is 2.80. The van der Waals surface area contributed by atoms with E-state index in [-0.39, 0.29) is 36.6 Å². The molecule has 0 aliphatic carbocycles. The summed E-state index contributed by atoms with van der Waals surface area (Å²) >= 11 is 12.0. The lowest BCUT2D eigenvalue weighted by atomic mass is 10.1. The number of sulfonamides is 1. The van der Waals surface area contributed by atoms with Crippen molar-refractivity contribution in [2.45, 2.75) is 38.5 Å². The molecule has 36 heavy (non-hydrogen) atoms. The predicted octanol–water partition coefficient (Wildman–Crippen LogP) is 4.72. The number of hydrogen-bond acceptors (Lipinski definition) is 4. The highest BCUT2D eigenvalue weighted by Crippen LogP contribution is 2.32. The summed E-state index contributed by atoms with van der Waals surface area (Å²) in [5.74, 6) is -0.861. The van der Waals surface area contributed by atoms with E-state index in [4.69, 9.17) is 23.2 Å². The third kappa shape index (κ3) is 8.01. The highest BCUT2D eigenvalue weighted by molar-refractivity contribution is 7.92. The fourth-order valence-electron chi connectivity index (χ4n) is 3.47. The number of likely N-dealkylation sites (N-methyl/N-ethyl adjacent to an activating group) is 1. The molecule has 0 heterocycles. The number of anilines is 1. The fourth-order valence-corrected chi connectivity index (χ4v) is 4.75. The van der Waals surface area contributed by atoms with Crippen molar-refractivity contribution in [2.75, 3.05) is 24.2 Å². The standard InChI is InChI=1S/C23H26Cl2F3N3O4S/c1-15(22(33)29-2)30(14-16-9-10-19(24)20(25)12-16)21(32)8-5-11-31(36(3,34)35)18-7-4-6-17(13-18)23(26,27)28/h4,6-7,9-10,12-13,15H,5,8,11,14H2,1-3H3,(H,29,33)/t15-/m0/s1.